The van der Waals surface area contributed by atoms with Gasteiger partial charge in [-0.25, -0.2) is 12.7 Å². The molecule has 0 aliphatic rings. The number of nitrogens with zero attached hydrogens (tertiary/aromatic N) is 1. The van der Waals surface area contributed by atoms with Crippen molar-refractivity contribution in [1.82, 2.24) is 4.31 Å². The second kappa shape index (κ2) is 7.89. The van der Waals surface area contributed by atoms with Crippen LogP contribution in [-0.2, 0) is 16.4 Å². The van der Waals surface area contributed by atoms with Crippen molar-refractivity contribution in [3.8, 4) is 0 Å². The summed E-state index contributed by atoms with van der Waals surface area (Å²) < 4.78 is 25.9. The van der Waals surface area contributed by atoms with E-state index in [0.717, 1.165) is 24.2 Å². The topological polar surface area (TPSA) is 63.4 Å². The Morgan fingerprint density at radius 2 is 1.89 bits per heavy atom. The lowest BCUT2D eigenvalue weighted by Crippen LogP contribution is -2.29. The Morgan fingerprint density at radius 1 is 1.26 bits per heavy atom. The van der Waals surface area contributed by atoms with Gasteiger partial charge < -0.3 is 5.73 Å². The summed E-state index contributed by atoms with van der Waals surface area (Å²) in [6.45, 7) is 1.18. The molecule has 0 heterocycles. The molecule has 0 saturated heterocycles. The zero-order chi connectivity index (χ0) is 14.3. The van der Waals surface area contributed by atoms with Gasteiger partial charge in [0.2, 0.25) is 10.0 Å². The minimum atomic E-state index is -3.35. The fourth-order valence-electron chi connectivity index (χ4n) is 1.65. The van der Waals surface area contributed by atoms with Crippen molar-refractivity contribution >= 4 is 21.8 Å². The molecule has 0 fully saturated rings. The molecule has 0 radical (unpaired) electrons. The molecule has 6 heteroatoms. The summed E-state index contributed by atoms with van der Waals surface area (Å²) in [7, 11) is -1.73. The van der Waals surface area contributed by atoms with E-state index in [9.17, 15) is 8.42 Å². The van der Waals surface area contributed by atoms with Crippen molar-refractivity contribution in [2.75, 3.05) is 32.1 Å². The normalized spacial score (nSPS) is 12.0. The van der Waals surface area contributed by atoms with Gasteiger partial charge in [-0.2, -0.15) is 11.8 Å². The van der Waals surface area contributed by atoms with Crippen LogP contribution < -0.4 is 5.73 Å². The summed E-state index contributed by atoms with van der Waals surface area (Å²) >= 11 is 1.63. The van der Waals surface area contributed by atoms with Gasteiger partial charge in [0, 0.05) is 19.3 Å². The van der Waals surface area contributed by atoms with Crippen LogP contribution in [0.4, 0.5) is 0 Å². The molecule has 4 nitrogen and oxygen atoms in total. The first kappa shape index (κ1) is 16.5. The lowest BCUT2D eigenvalue weighted by atomic mass is 10.1. The Labute approximate surface area is 120 Å². The largest absolute Gasteiger partial charge is 0.330 e. The number of rotatable bonds is 8. The van der Waals surface area contributed by atoms with Crippen LogP contribution in [-0.4, -0.2) is 44.9 Å². The molecule has 19 heavy (non-hydrogen) atoms. The molecule has 0 aliphatic carbocycles. The molecule has 1 aromatic carbocycles. The van der Waals surface area contributed by atoms with Gasteiger partial charge in [0.1, 0.15) is 0 Å². The lowest BCUT2D eigenvalue weighted by molar-refractivity contribution is 0.488. The van der Waals surface area contributed by atoms with E-state index >= 15 is 0 Å². The average molecular weight is 302 g/mol. The molecule has 2 N–H and O–H groups in total. The maximum Gasteiger partial charge on any atom is 0.242 e. The van der Waals surface area contributed by atoms with Gasteiger partial charge in [-0.05, 0) is 43.3 Å². The van der Waals surface area contributed by atoms with Gasteiger partial charge >= 0.3 is 0 Å². The maximum atomic E-state index is 12.3. The number of aryl methyl sites for hydroxylation is 1. The summed E-state index contributed by atoms with van der Waals surface area (Å²) in [5.74, 6) is 0.796. The molecule has 0 atom stereocenters. The maximum absolute atomic E-state index is 12.3. The first-order chi connectivity index (χ1) is 9.02. The van der Waals surface area contributed by atoms with E-state index in [1.54, 1.807) is 30.9 Å². The van der Waals surface area contributed by atoms with Crippen molar-refractivity contribution in [2.45, 2.75) is 17.7 Å². The first-order valence-electron chi connectivity index (χ1n) is 6.26. The second-order valence-corrected chi connectivity index (χ2v) is 7.39. The molecule has 0 amide bonds. The smallest absolute Gasteiger partial charge is 0.242 e. The van der Waals surface area contributed by atoms with Crippen molar-refractivity contribution in [1.29, 1.82) is 0 Å². The van der Waals surface area contributed by atoms with E-state index in [0.29, 0.717) is 18.0 Å². The Morgan fingerprint density at radius 3 is 2.42 bits per heavy atom. The van der Waals surface area contributed by atoms with E-state index in [1.807, 2.05) is 18.4 Å². The van der Waals surface area contributed by atoms with E-state index in [1.165, 1.54) is 4.31 Å². The summed E-state index contributed by atoms with van der Waals surface area (Å²) in [6.07, 6.45) is 3.77. The predicted molar refractivity (Wildman–Crippen MR) is 82.0 cm³/mol. The van der Waals surface area contributed by atoms with E-state index < -0.39 is 10.0 Å². The molecular weight excluding hydrogens is 280 g/mol. The minimum Gasteiger partial charge on any atom is -0.330 e. The van der Waals surface area contributed by atoms with E-state index in [4.69, 9.17) is 5.73 Å². The molecule has 0 aromatic heterocycles. The number of sulfonamides is 1. The van der Waals surface area contributed by atoms with Gasteiger partial charge in [-0.3, -0.25) is 0 Å². The average Bonchev–Trinajstić information content (AvgIpc) is 2.42. The van der Waals surface area contributed by atoms with Crippen molar-refractivity contribution in [2.24, 2.45) is 5.73 Å². The molecule has 0 aliphatic heterocycles. The van der Waals surface area contributed by atoms with Gasteiger partial charge in [-0.1, -0.05) is 12.1 Å². The highest BCUT2D eigenvalue weighted by Gasteiger charge is 2.19. The van der Waals surface area contributed by atoms with Gasteiger partial charge in [0.25, 0.3) is 0 Å². The van der Waals surface area contributed by atoms with E-state index in [-0.39, 0.29) is 0 Å². The Kier molecular flexibility index (Phi) is 6.85. The van der Waals surface area contributed by atoms with Crippen LogP contribution in [0.1, 0.15) is 12.0 Å². The number of hydrogen-bond donors (Lipinski definition) is 1. The zero-order valence-corrected chi connectivity index (χ0v) is 13.1. The van der Waals surface area contributed by atoms with Crippen LogP contribution in [0, 0.1) is 0 Å². The molecule has 1 rings (SSSR count). The van der Waals surface area contributed by atoms with Crippen molar-refractivity contribution < 1.29 is 8.42 Å². The summed E-state index contributed by atoms with van der Waals surface area (Å²) in [6, 6.07) is 7.09. The Hall–Kier alpha value is -0.560. The van der Waals surface area contributed by atoms with Crippen molar-refractivity contribution in [3.05, 3.63) is 29.8 Å². The second-order valence-electron chi connectivity index (χ2n) is 4.36. The van der Waals surface area contributed by atoms with Gasteiger partial charge in [0.05, 0.1) is 4.90 Å². The molecule has 0 saturated carbocycles. The monoisotopic (exact) mass is 302 g/mol. The lowest BCUT2D eigenvalue weighted by Gasteiger charge is -2.16. The summed E-state index contributed by atoms with van der Waals surface area (Å²) in [4.78, 5) is 0.354. The standard InChI is InChI=1S/C13H22N2O2S2/c1-15(10-11-18-2)19(16,17)13-7-5-12(6-8-13)4-3-9-14/h5-8H,3-4,9-11,14H2,1-2H3. The Balaban J connectivity index is 2.78. The van der Waals surface area contributed by atoms with Crippen LogP contribution in [0.3, 0.4) is 0 Å². The van der Waals surface area contributed by atoms with Gasteiger partial charge in [0.15, 0.2) is 0 Å². The van der Waals surface area contributed by atoms with Crippen LogP contribution in [0.2, 0.25) is 0 Å². The highest BCUT2D eigenvalue weighted by atomic mass is 32.2. The van der Waals surface area contributed by atoms with Crippen LogP contribution in [0.25, 0.3) is 0 Å². The molecular formula is C13H22N2O2S2. The predicted octanol–water partition coefficient (Wildman–Crippen LogP) is 1.56. The number of hydrogen-bond acceptors (Lipinski definition) is 4. The van der Waals surface area contributed by atoms with Crippen LogP contribution in [0.15, 0.2) is 29.2 Å². The molecule has 0 bridgehead atoms. The number of thioether (sulfide) groups is 1. The quantitative estimate of drug-likeness (QED) is 0.791. The first-order valence-corrected chi connectivity index (χ1v) is 9.10. The SMILES string of the molecule is CSCCN(C)S(=O)(=O)c1ccc(CCCN)cc1. The zero-order valence-electron chi connectivity index (χ0n) is 11.5. The van der Waals surface area contributed by atoms with Crippen molar-refractivity contribution in [3.63, 3.8) is 0 Å². The Bertz CT molecular complexity index is 472. The third-order valence-corrected chi connectivity index (χ3v) is 5.37. The minimum absolute atomic E-state index is 0.354. The van der Waals surface area contributed by atoms with Crippen LogP contribution >= 0.6 is 11.8 Å². The third kappa shape index (κ3) is 4.80. The molecule has 1 aromatic rings. The highest BCUT2D eigenvalue weighted by molar-refractivity contribution is 7.98. The molecule has 0 spiro atoms. The van der Waals surface area contributed by atoms with Crippen LogP contribution in [0.5, 0.6) is 0 Å². The number of benzene rings is 1. The summed E-state index contributed by atoms with van der Waals surface area (Å²) in [5.41, 5.74) is 6.58. The van der Waals surface area contributed by atoms with E-state index in [2.05, 4.69) is 0 Å². The number of nitrogens with two attached hydrogens (primary N) is 1. The highest BCUT2D eigenvalue weighted by Crippen LogP contribution is 2.16. The molecule has 108 valence electrons. The fraction of sp³-hybridized carbons (Fsp3) is 0.538. The summed E-state index contributed by atoms with van der Waals surface area (Å²) in [5, 5.41) is 0. The van der Waals surface area contributed by atoms with Gasteiger partial charge in [-0.15, -0.1) is 0 Å². The third-order valence-electron chi connectivity index (χ3n) is 2.91. The fourth-order valence-corrected chi connectivity index (χ4v) is 3.40. The molecule has 0 unspecified atom stereocenters.